The minimum absolute atomic E-state index is 0.234. The number of methoxy groups -OCH3 is 4. The van der Waals surface area contributed by atoms with Gasteiger partial charge in [-0.3, -0.25) is 4.79 Å². The molecule has 3 rings (SSSR count). The number of benzene rings is 2. The quantitative estimate of drug-likeness (QED) is 0.392. The van der Waals surface area contributed by atoms with Crippen molar-refractivity contribution >= 4 is 39.3 Å². The summed E-state index contributed by atoms with van der Waals surface area (Å²) in [4.78, 5) is 17.5. The van der Waals surface area contributed by atoms with Crippen molar-refractivity contribution < 1.29 is 23.7 Å². The molecule has 0 saturated carbocycles. The molecule has 0 atom stereocenters. The SMILES string of the molecule is COc1cc(C(=O)c2ccc3c(I)c(OC)ccc3n2)cc(OC)c1OC. The summed E-state index contributed by atoms with van der Waals surface area (Å²) in [6, 6.07) is 10.5. The third kappa shape index (κ3) is 3.51. The van der Waals surface area contributed by atoms with E-state index in [2.05, 4.69) is 27.6 Å². The van der Waals surface area contributed by atoms with Crippen LogP contribution >= 0.6 is 22.6 Å². The van der Waals surface area contributed by atoms with Crippen molar-refractivity contribution in [2.75, 3.05) is 28.4 Å². The molecule has 0 unspecified atom stereocenters. The fourth-order valence-electron chi connectivity index (χ4n) is 2.79. The van der Waals surface area contributed by atoms with Crippen molar-refractivity contribution in [3.63, 3.8) is 0 Å². The van der Waals surface area contributed by atoms with E-state index in [-0.39, 0.29) is 5.78 Å². The summed E-state index contributed by atoms with van der Waals surface area (Å²) in [5.41, 5.74) is 1.45. The second kappa shape index (κ2) is 7.99. The molecule has 0 spiro atoms. The third-order valence-electron chi connectivity index (χ3n) is 4.15. The van der Waals surface area contributed by atoms with Gasteiger partial charge in [-0.15, -0.1) is 0 Å². The predicted octanol–water partition coefficient (Wildman–Crippen LogP) is 4.10. The van der Waals surface area contributed by atoms with Crippen LogP contribution in [-0.4, -0.2) is 39.2 Å². The lowest BCUT2D eigenvalue weighted by Crippen LogP contribution is -2.06. The molecule has 6 nitrogen and oxygen atoms in total. The van der Waals surface area contributed by atoms with Crippen LogP contribution in [0.25, 0.3) is 10.9 Å². The van der Waals surface area contributed by atoms with Crippen LogP contribution in [0.4, 0.5) is 0 Å². The van der Waals surface area contributed by atoms with Crippen LogP contribution < -0.4 is 18.9 Å². The highest BCUT2D eigenvalue weighted by molar-refractivity contribution is 14.1. The van der Waals surface area contributed by atoms with Crippen LogP contribution in [0.5, 0.6) is 23.0 Å². The van der Waals surface area contributed by atoms with Crippen LogP contribution in [0.1, 0.15) is 16.1 Å². The predicted molar refractivity (Wildman–Crippen MR) is 111 cm³/mol. The molecule has 7 heteroatoms. The largest absolute Gasteiger partial charge is 0.496 e. The van der Waals surface area contributed by atoms with E-state index in [0.717, 1.165) is 20.2 Å². The first-order valence-electron chi connectivity index (χ1n) is 8.02. The van der Waals surface area contributed by atoms with Gasteiger partial charge in [-0.2, -0.15) is 0 Å². The second-order valence-electron chi connectivity index (χ2n) is 5.59. The number of halogens is 1. The second-order valence-corrected chi connectivity index (χ2v) is 6.67. The van der Waals surface area contributed by atoms with Crippen LogP contribution in [0.3, 0.4) is 0 Å². The summed E-state index contributed by atoms with van der Waals surface area (Å²) < 4.78 is 22.2. The average molecular weight is 479 g/mol. The van der Waals surface area contributed by atoms with E-state index in [4.69, 9.17) is 18.9 Å². The molecular formula is C20H18INO5. The maximum atomic E-state index is 13.0. The molecule has 0 aliphatic heterocycles. The van der Waals surface area contributed by atoms with E-state index in [9.17, 15) is 4.79 Å². The number of hydrogen-bond acceptors (Lipinski definition) is 6. The topological polar surface area (TPSA) is 66.9 Å². The van der Waals surface area contributed by atoms with Crippen LogP contribution in [0.2, 0.25) is 0 Å². The minimum Gasteiger partial charge on any atom is -0.496 e. The van der Waals surface area contributed by atoms with Gasteiger partial charge in [0.05, 0.1) is 37.5 Å². The number of carbonyl (C=O) groups excluding carboxylic acids is 1. The molecule has 1 heterocycles. The number of pyridine rings is 1. The molecule has 2 aromatic carbocycles. The zero-order chi connectivity index (χ0) is 19.6. The van der Waals surface area contributed by atoms with Gasteiger partial charge >= 0.3 is 0 Å². The molecule has 0 radical (unpaired) electrons. The smallest absolute Gasteiger partial charge is 0.211 e. The molecule has 3 aromatic rings. The lowest BCUT2D eigenvalue weighted by atomic mass is 10.1. The summed E-state index contributed by atoms with van der Waals surface area (Å²) in [6.45, 7) is 0. The number of carbonyl (C=O) groups is 1. The molecule has 0 saturated heterocycles. The molecular weight excluding hydrogens is 461 g/mol. The summed E-state index contributed by atoms with van der Waals surface area (Å²) in [5.74, 6) is 1.81. The first kappa shape index (κ1) is 19.2. The maximum Gasteiger partial charge on any atom is 0.211 e. The maximum absolute atomic E-state index is 13.0. The highest BCUT2D eigenvalue weighted by Gasteiger charge is 2.19. The van der Waals surface area contributed by atoms with Gasteiger partial charge in [-0.25, -0.2) is 4.98 Å². The van der Waals surface area contributed by atoms with Gasteiger partial charge in [0.1, 0.15) is 11.4 Å². The zero-order valence-corrected chi connectivity index (χ0v) is 17.5. The molecule has 0 N–H and O–H groups in total. The molecule has 0 amide bonds. The van der Waals surface area contributed by atoms with Gasteiger partial charge in [0.2, 0.25) is 11.5 Å². The zero-order valence-electron chi connectivity index (χ0n) is 15.3. The van der Waals surface area contributed by atoms with Crippen LogP contribution in [0, 0.1) is 3.57 Å². The van der Waals surface area contributed by atoms with Crippen LogP contribution in [-0.2, 0) is 0 Å². The number of fused-ring (bicyclic) bond motifs is 1. The van der Waals surface area contributed by atoms with E-state index in [1.165, 1.54) is 21.3 Å². The summed E-state index contributed by atoms with van der Waals surface area (Å²) in [5, 5.41) is 0.927. The van der Waals surface area contributed by atoms with Crippen molar-refractivity contribution in [3.05, 3.63) is 51.2 Å². The number of hydrogen-bond donors (Lipinski definition) is 0. The summed E-state index contributed by atoms with van der Waals surface area (Å²) in [6.07, 6.45) is 0. The Morgan fingerprint density at radius 1 is 0.852 bits per heavy atom. The van der Waals surface area contributed by atoms with Gasteiger partial charge in [-0.05, 0) is 59.0 Å². The van der Waals surface area contributed by atoms with E-state index in [0.29, 0.717) is 28.5 Å². The van der Waals surface area contributed by atoms with Gasteiger partial charge < -0.3 is 18.9 Å². The molecule has 140 valence electrons. The lowest BCUT2D eigenvalue weighted by molar-refractivity contribution is 0.103. The van der Waals surface area contributed by atoms with Crippen molar-refractivity contribution in [1.29, 1.82) is 0 Å². The van der Waals surface area contributed by atoms with Crippen molar-refractivity contribution in [2.45, 2.75) is 0 Å². The molecule has 0 bridgehead atoms. The first-order valence-corrected chi connectivity index (χ1v) is 9.09. The Kier molecular flexibility index (Phi) is 5.69. The average Bonchev–Trinajstić information content (AvgIpc) is 2.72. The summed E-state index contributed by atoms with van der Waals surface area (Å²) in [7, 11) is 6.16. The fourth-order valence-corrected chi connectivity index (χ4v) is 3.65. The van der Waals surface area contributed by atoms with Crippen molar-refractivity contribution in [1.82, 2.24) is 4.98 Å². The van der Waals surface area contributed by atoms with Gasteiger partial charge in [0.15, 0.2) is 11.5 Å². The lowest BCUT2D eigenvalue weighted by Gasteiger charge is -2.13. The van der Waals surface area contributed by atoms with Gasteiger partial charge in [0.25, 0.3) is 0 Å². The monoisotopic (exact) mass is 479 g/mol. The molecule has 0 aliphatic carbocycles. The first-order chi connectivity index (χ1) is 13.0. The molecule has 0 fully saturated rings. The number of aromatic nitrogens is 1. The van der Waals surface area contributed by atoms with Crippen LogP contribution in [0.15, 0.2) is 36.4 Å². The number of ketones is 1. The molecule has 1 aromatic heterocycles. The molecule has 27 heavy (non-hydrogen) atoms. The minimum atomic E-state index is -0.234. The Morgan fingerprint density at radius 2 is 1.48 bits per heavy atom. The Balaban J connectivity index is 2.08. The van der Waals surface area contributed by atoms with Crippen molar-refractivity contribution in [3.8, 4) is 23.0 Å². The van der Waals surface area contributed by atoms with Gasteiger partial charge in [0, 0.05) is 10.9 Å². The van der Waals surface area contributed by atoms with E-state index >= 15 is 0 Å². The fraction of sp³-hybridized carbons (Fsp3) is 0.200. The van der Waals surface area contributed by atoms with E-state index in [1.54, 1.807) is 25.3 Å². The Hall–Kier alpha value is -2.55. The highest BCUT2D eigenvalue weighted by atomic mass is 127. The van der Waals surface area contributed by atoms with Gasteiger partial charge in [-0.1, -0.05) is 0 Å². The summed E-state index contributed by atoms with van der Waals surface area (Å²) >= 11 is 2.21. The normalized spacial score (nSPS) is 10.6. The number of nitrogens with zero attached hydrogens (tertiary/aromatic N) is 1. The number of ether oxygens (including phenoxy) is 4. The van der Waals surface area contributed by atoms with E-state index < -0.39 is 0 Å². The molecule has 0 aliphatic rings. The number of rotatable bonds is 6. The Labute approximate surface area is 170 Å². The Morgan fingerprint density at radius 3 is 2.04 bits per heavy atom. The highest BCUT2D eigenvalue weighted by Crippen LogP contribution is 2.38. The third-order valence-corrected chi connectivity index (χ3v) is 5.26. The standard InChI is InChI=1S/C20H18INO5/c1-24-15-8-7-13-12(18(15)21)5-6-14(22-13)19(23)11-9-16(25-2)20(27-4)17(10-11)26-3/h5-10H,1-4H3. The Bertz CT molecular complexity index is 994. The van der Waals surface area contributed by atoms with Crippen molar-refractivity contribution in [2.24, 2.45) is 0 Å². The van der Waals surface area contributed by atoms with E-state index in [1.807, 2.05) is 18.2 Å².